The molecule has 2 aromatic rings. The first kappa shape index (κ1) is 15.5. The van der Waals surface area contributed by atoms with Crippen molar-refractivity contribution < 1.29 is 4.79 Å². The van der Waals surface area contributed by atoms with Gasteiger partial charge in [-0.2, -0.15) is 0 Å². The maximum Gasteiger partial charge on any atom is 0.274 e. The summed E-state index contributed by atoms with van der Waals surface area (Å²) in [5.74, 6) is 0.250. The van der Waals surface area contributed by atoms with E-state index in [1.165, 1.54) is 6.33 Å². The predicted octanol–water partition coefficient (Wildman–Crippen LogP) is 3.86. The topological polar surface area (TPSA) is 66.9 Å². The van der Waals surface area contributed by atoms with E-state index in [0.29, 0.717) is 21.6 Å². The molecule has 21 heavy (non-hydrogen) atoms. The number of halogens is 2. The van der Waals surface area contributed by atoms with Gasteiger partial charge in [0.25, 0.3) is 5.91 Å². The number of rotatable bonds is 5. The molecule has 110 valence electrons. The number of benzene rings is 1. The summed E-state index contributed by atoms with van der Waals surface area (Å²) in [6.07, 6.45) is 2.31. The van der Waals surface area contributed by atoms with E-state index < -0.39 is 0 Å². The SMILES string of the molecule is CCCNc1cc(C(=O)Nc2ccc(Cl)cc2Cl)ncn1. The zero-order valence-corrected chi connectivity index (χ0v) is 12.9. The summed E-state index contributed by atoms with van der Waals surface area (Å²) in [5.41, 5.74) is 0.738. The average Bonchev–Trinajstić information content (AvgIpc) is 2.48. The monoisotopic (exact) mass is 324 g/mol. The number of anilines is 2. The Morgan fingerprint density at radius 2 is 2.05 bits per heavy atom. The molecule has 1 heterocycles. The normalized spacial score (nSPS) is 10.2. The molecule has 0 saturated heterocycles. The summed E-state index contributed by atoms with van der Waals surface area (Å²) in [7, 11) is 0. The van der Waals surface area contributed by atoms with E-state index in [1.54, 1.807) is 24.3 Å². The molecule has 0 bridgehead atoms. The maximum absolute atomic E-state index is 12.2. The molecule has 2 N–H and O–H groups in total. The summed E-state index contributed by atoms with van der Waals surface area (Å²) < 4.78 is 0. The standard InChI is InChI=1S/C14H14Cl2N4O/c1-2-5-17-13-7-12(18-8-19-13)14(21)20-11-4-3-9(15)6-10(11)16/h3-4,6-8H,2,5H2,1H3,(H,20,21)(H,17,18,19). The average molecular weight is 325 g/mol. The largest absolute Gasteiger partial charge is 0.370 e. The molecular weight excluding hydrogens is 311 g/mol. The minimum absolute atomic E-state index is 0.259. The van der Waals surface area contributed by atoms with Crippen LogP contribution in [0.2, 0.25) is 10.0 Å². The van der Waals surface area contributed by atoms with Gasteiger partial charge in [0, 0.05) is 17.6 Å². The summed E-state index contributed by atoms with van der Waals surface area (Å²) in [6, 6.07) is 6.44. The summed E-state index contributed by atoms with van der Waals surface area (Å²) in [6.45, 7) is 2.82. The first-order valence-corrected chi connectivity index (χ1v) is 7.18. The van der Waals surface area contributed by atoms with Crippen molar-refractivity contribution in [2.75, 3.05) is 17.2 Å². The van der Waals surface area contributed by atoms with Gasteiger partial charge in [0.05, 0.1) is 10.7 Å². The molecule has 0 spiro atoms. The number of amides is 1. The Labute approximate surface area is 132 Å². The fraction of sp³-hybridized carbons (Fsp3) is 0.214. The van der Waals surface area contributed by atoms with Crippen molar-refractivity contribution in [3.63, 3.8) is 0 Å². The molecule has 1 aromatic carbocycles. The van der Waals surface area contributed by atoms with E-state index in [-0.39, 0.29) is 11.6 Å². The summed E-state index contributed by atoms with van der Waals surface area (Å²) in [5, 5.41) is 6.66. The number of carbonyl (C=O) groups is 1. The molecular formula is C14H14Cl2N4O. The number of hydrogen-bond donors (Lipinski definition) is 2. The lowest BCUT2D eigenvalue weighted by molar-refractivity contribution is 0.102. The highest BCUT2D eigenvalue weighted by Gasteiger charge is 2.11. The Bertz CT molecular complexity index is 649. The molecule has 0 aliphatic heterocycles. The minimum atomic E-state index is -0.360. The van der Waals surface area contributed by atoms with Crippen LogP contribution in [0.15, 0.2) is 30.6 Å². The van der Waals surface area contributed by atoms with E-state index >= 15 is 0 Å². The van der Waals surface area contributed by atoms with Crippen LogP contribution in [0, 0.1) is 0 Å². The van der Waals surface area contributed by atoms with Crippen molar-refractivity contribution in [2.45, 2.75) is 13.3 Å². The molecule has 7 heteroatoms. The van der Waals surface area contributed by atoms with Gasteiger partial charge in [-0.25, -0.2) is 9.97 Å². The van der Waals surface area contributed by atoms with Crippen LogP contribution in [0.25, 0.3) is 0 Å². The molecule has 0 unspecified atom stereocenters. The van der Waals surface area contributed by atoms with Crippen LogP contribution in [0.4, 0.5) is 11.5 Å². The molecule has 5 nitrogen and oxygen atoms in total. The molecule has 2 rings (SSSR count). The van der Waals surface area contributed by atoms with Gasteiger partial charge in [0.1, 0.15) is 17.8 Å². The van der Waals surface area contributed by atoms with Gasteiger partial charge in [-0.05, 0) is 24.6 Å². The molecule has 1 aromatic heterocycles. The molecule has 0 atom stereocenters. The van der Waals surface area contributed by atoms with Crippen LogP contribution >= 0.6 is 23.2 Å². The number of aromatic nitrogens is 2. The first-order valence-electron chi connectivity index (χ1n) is 6.42. The van der Waals surface area contributed by atoms with Crippen molar-refractivity contribution in [1.29, 1.82) is 0 Å². The predicted molar refractivity (Wildman–Crippen MR) is 85.2 cm³/mol. The quantitative estimate of drug-likeness (QED) is 0.876. The van der Waals surface area contributed by atoms with Crippen LogP contribution in [-0.2, 0) is 0 Å². The fourth-order valence-corrected chi connectivity index (χ4v) is 2.06. The van der Waals surface area contributed by atoms with Crippen molar-refractivity contribution in [2.24, 2.45) is 0 Å². The second-order valence-electron chi connectivity index (χ2n) is 4.29. The Kier molecular flexibility index (Phi) is 5.36. The van der Waals surface area contributed by atoms with Gasteiger partial charge in [-0.1, -0.05) is 30.1 Å². The van der Waals surface area contributed by atoms with E-state index in [2.05, 4.69) is 20.6 Å². The number of nitrogens with zero attached hydrogens (tertiary/aromatic N) is 2. The zero-order chi connectivity index (χ0) is 15.2. The lowest BCUT2D eigenvalue weighted by Crippen LogP contribution is -2.15. The van der Waals surface area contributed by atoms with Gasteiger partial charge in [-0.15, -0.1) is 0 Å². The van der Waals surface area contributed by atoms with Gasteiger partial charge < -0.3 is 10.6 Å². The maximum atomic E-state index is 12.2. The van der Waals surface area contributed by atoms with E-state index in [9.17, 15) is 4.79 Å². The number of nitrogens with one attached hydrogen (secondary N) is 2. The Morgan fingerprint density at radius 1 is 1.24 bits per heavy atom. The molecule has 0 aliphatic carbocycles. The van der Waals surface area contributed by atoms with Crippen LogP contribution in [0.1, 0.15) is 23.8 Å². The minimum Gasteiger partial charge on any atom is -0.370 e. The molecule has 0 radical (unpaired) electrons. The van der Waals surface area contributed by atoms with Crippen LogP contribution in [0.3, 0.4) is 0 Å². The van der Waals surface area contributed by atoms with Crippen LogP contribution < -0.4 is 10.6 Å². The number of carbonyl (C=O) groups excluding carboxylic acids is 1. The number of hydrogen-bond acceptors (Lipinski definition) is 4. The highest BCUT2D eigenvalue weighted by Crippen LogP contribution is 2.25. The Hall–Kier alpha value is -1.85. The van der Waals surface area contributed by atoms with Crippen molar-refractivity contribution in [3.05, 3.63) is 46.3 Å². The van der Waals surface area contributed by atoms with Gasteiger partial charge >= 0.3 is 0 Å². The van der Waals surface area contributed by atoms with Gasteiger partial charge in [0.2, 0.25) is 0 Å². The van der Waals surface area contributed by atoms with E-state index in [1.807, 2.05) is 6.92 Å². The highest BCUT2D eigenvalue weighted by molar-refractivity contribution is 6.36. The lowest BCUT2D eigenvalue weighted by Gasteiger charge is -2.08. The van der Waals surface area contributed by atoms with Crippen molar-refractivity contribution in [3.8, 4) is 0 Å². The second-order valence-corrected chi connectivity index (χ2v) is 5.14. The molecule has 0 aliphatic rings. The van der Waals surface area contributed by atoms with Crippen molar-refractivity contribution >= 4 is 40.6 Å². The Morgan fingerprint density at radius 3 is 2.76 bits per heavy atom. The van der Waals surface area contributed by atoms with E-state index in [4.69, 9.17) is 23.2 Å². The van der Waals surface area contributed by atoms with Gasteiger partial charge in [0.15, 0.2) is 0 Å². The van der Waals surface area contributed by atoms with E-state index in [0.717, 1.165) is 13.0 Å². The van der Waals surface area contributed by atoms with Crippen molar-refractivity contribution in [1.82, 2.24) is 9.97 Å². The molecule has 0 fully saturated rings. The Balaban J connectivity index is 2.12. The smallest absolute Gasteiger partial charge is 0.274 e. The van der Waals surface area contributed by atoms with Gasteiger partial charge in [-0.3, -0.25) is 4.79 Å². The van der Waals surface area contributed by atoms with Crippen LogP contribution in [0.5, 0.6) is 0 Å². The summed E-state index contributed by atoms with van der Waals surface area (Å²) in [4.78, 5) is 20.2. The molecule has 0 saturated carbocycles. The molecule has 1 amide bonds. The highest BCUT2D eigenvalue weighted by atomic mass is 35.5. The lowest BCUT2D eigenvalue weighted by atomic mass is 10.3. The fourth-order valence-electron chi connectivity index (χ4n) is 1.61. The third-order valence-electron chi connectivity index (χ3n) is 2.64. The first-order chi connectivity index (χ1) is 10.1. The third-order valence-corrected chi connectivity index (χ3v) is 3.18. The third kappa shape index (κ3) is 4.31. The summed E-state index contributed by atoms with van der Waals surface area (Å²) >= 11 is 11.8. The second kappa shape index (κ2) is 7.24. The zero-order valence-electron chi connectivity index (χ0n) is 11.4. The van der Waals surface area contributed by atoms with Crippen LogP contribution in [-0.4, -0.2) is 22.4 Å².